The second-order valence-electron chi connectivity index (χ2n) is 7.72. The van der Waals surface area contributed by atoms with Gasteiger partial charge in [0.2, 0.25) is 0 Å². The molecule has 0 aromatic heterocycles. The third kappa shape index (κ3) is 7.86. The molecule has 0 spiro atoms. The number of benzene rings is 4. The van der Waals surface area contributed by atoms with Gasteiger partial charge in [-0.15, -0.1) is 0 Å². The zero-order valence-electron chi connectivity index (χ0n) is 20.1. The molecule has 7 heteroatoms. The normalized spacial score (nSPS) is 10.3. The van der Waals surface area contributed by atoms with Gasteiger partial charge >= 0.3 is 11.9 Å². The fourth-order valence-corrected chi connectivity index (χ4v) is 3.32. The van der Waals surface area contributed by atoms with Gasteiger partial charge < -0.3 is 23.7 Å². The molecule has 0 bridgehead atoms. The van der Waals surface area contributed by atoms with Crippen LogP contribution in [-0.4, -0.2) is 38.4 Å². The molecule has 0 radical (unpaired) electrons. The van der Waals surface area contributed by atoms with E-state index in [2.05, 4.69) is 0 Å². The third-order valence-electron chi connectivity index (χ3n) is 5.07. The maximum Gasteiger partial charge on any atom is 0.343 e. The first-order chi connectivity index (χ1) is 18.2. The Bertz CT molecular complexity index is 1290. The SMILES string of the molecule is O=C(Oc1ccccc1C(=O)OCCOc1ccccc1)c1cccc(OCCOc2ccccc2)c1. The summed E-state index contributed by atoms with van der Waals surface area (Å²) in [6.45, 7) is 0.894. The molecule has 7 nitrogen and oxygen atoms in total. The number of para-hydroxylation sites is 3. The Morgan fingerprint density at radius 1 is 0.514 bits per heavy atom. The Labute approximate surface area is 215 Å². The number of rotatable bonds is 12. The summed E-state index contributed by atoms with van der Waals surface area (Å²) in [5.41, 5.74) is 0.418. The van der Waals surface area contributed by atoms with Crippen LogP contribution in [0.3, 0.4) is 0 Å². The van der Waals surface area contributed by atoms with E-state index >= 15 is 0 Å². The van der Waals surface area contributed by atoms with Crippen LogP contribution >= 0.6 is 0 Å². The zero-order chi connectivity index (χ0) is 25.7. The Morgan fingerprint density at radius 3 is 1.73 bits per heavy atom. The zero-order valence-corrected chi connectivity index (χ0v) is 20.1. The maximum absolute atomic E-state index is 12.8. The van der Waals surface area contributed by atoms with E-state index in [1.807, 2.05) is 60.7 Å². The van der Waals surface area contributed by atoms with E-state index in [1.54, 1.807) is 36.4 Å². The number of hydrogen-bond donors (Lipinski definition) is 0. The number of carbonyl (C=O) groups excluding carboxylic acids is 2. The van der Waals surface area contributed by atoms with Gasteiger partial charge in [0.1, 0.15) is 55.0 Å². The first-order valence-electron chi connectivity index (χ1n) is 11.8. The van der Waals surface area contributed by atoms with Crippen molar-refractivity contribution in [3.05, 3.63) is 120 Å². The lowest BCUT2D eigenvalue weighted by molar-refractivity contribution is 0.0445. The molecule has 0 atom stereocenters. The lowest BCUT2D eigenvalue weighted by Crippen LogP contribution is -2.15. The minimum absolute atomic E-state index is 0.0450. The molecular weight excluding hydrogens is 472 g/mol. The molecule has 4 aromatic rings. The quantitative estimate of drug-likeness (QED) is 0.143. The van der Waals surface area contributed by atoms with Crippen LogP contribution < -0.4 is 18.9 Å². The van der Waals surface area contributed by atoms with E-state index in [1.165, 1.54) is 12.1 Å². The summed E-state index contributed by atoms with van der Waals surface area (Å²) >= 11 is 0. The van der Waals surface area contributed by atoms with Gasteiger partial charge in [-0.05, 0) is 54.6 Å². The van der Waals surface area contributed by atoms with Crippen molar-refractivity contribution in [1.82, 2.24) is 0 Å². The van der Waals surface area contributed by atoms with Crippen LogP contribution in [0.15, 0.2) is 109 Å². The summed E-state index contributed by atoms with van der Waals surface area (Å²) in [7, 11) is 0. The molecule has 0 heterocycles. The highest BCUT2D eigenvalue weighted by Crippen LogP contribution is 2.22. The van der Waals surface area contributed by atoms with Crippen molar-refractivity contribution in [2.75, 3.05) is 26.4 Å². The number of ether oxygens (including phenoxy) is 5. The van der Waals surface area contributed by atoms with Crippen LogP contribution in [0.5, 0.6) is 23.0 Å². The fraction of sp³-hybridized carbons (Fsp3) is 0.133. The molecular formula is C30H26O7. The monoisotopic (exact) mass is 498 g/mol. The van der Waals surface area contributed by atoms with Crippen LogP contribution in [0.25, 0.3) is 0 Å². The lowest BCUT2D eigenvalue weighted by atomic mass is 10.2. The van der Waals surface area contributed by atoms with Gasteiger partial charge in [0.25, 0.3) is 0 Å². The molecule has 37 heavy (non-hydrogen) atoms. The summed E-state index contributed by atoms with van der Waals surface area (Å²) < 4.78 is 27.7. The topological polar surface area (TPSA) is 80.3 Å². The summed E-state index contributed by atoms with van der Waals surface area (Å²) in [6.07, 6.45) is 0. The number of esters is 2. The molecule has 0 aliphatic heterocycles. The van der Waals surface area contributed by atoms with E-state index < -0.39 is 11.9 Å². The van der Waals surface area contributed by atoms with Crippen molar-refractivity contribution >= 4 is 11.9 Å². The molecule has 0 amide bonds. The summed E-state index contributed by atoms with van der Waals surface area (Å²) in [4.78, 5) is 25.4. The van der Waals surface area contributed by atoms with Crippen LogP contribution in [0, 0.1) is 0 Å². The second-order valence-corrected chi connectivity index (χ2v) is 7.72. The molecule has 188 valence electrons. The minimum Gasteiger partial charge on any atom is -0.490 e. The predicted molar refractivity (Wildman–Crippen MR) is 137 cm³/mol. The van der Waals surface area contributed by atoms with Crippen LogP contribution in [0.4, 0.5) is 0 Å². The van der Waals surface area contributed by atoms with Crippen molar-refractivity contribution < 1.29 is 33.3 Å². The molecule has 0 unspecified atom stereocenters. The van der Waals surface area contributed by atoms with Gasteiger partial charge in [-0.1, -0.05) is 54.6 Å². The van der Waals surface area contributed by atoms with E-state index in [0.717, 1.165) is 5.75 Å². The average Bonchev–Trinajstić information content (AvgIpc) is 2.95. The third-order valence-corrected chi connectivity index (χ3v) is 5.07. The lowest BCUT2D eigenvalue weighted by Gasteiger charge is -2.12. The van der Waals surface area contributed by atoms with Crippen molar-refractivity contribution in [2.24, 2.45) is 0 Å². The molecule has 0 aliphatic carbocycles. The Balaban J connectivity index is 1.28. The molecule has 0 N–H and O–H groups in total. The van der Waals surface area contributed by atoms with Crippen LogP contribution in [0.2, 0.25) is 0 Å². The minimum atomic E-state index is -0.626. The van der Waals surface area contributed by atoms with E-state index in [0.29, 0.717) is 24.7 Å². The highest BCUT2D eigenvalue weighted by Gasteiger charge is 2.18. The summed E-state index contributed by atoms with van der Waals surface area (Å²) in [5, 5.41) is 0. The van der Waals surface area contributed by atoms with Gasteiger partial charge in [-0.2, -0.15) is 0 Å². The highest BCUT2D eigenvalue weighted by atomic mass is 16.6. The average molecular weight is 499 g/mol. The second kappa shape index (κ2) is 13.3. The van der Waals surface area contributed by atoms with E-state index in [9.17, 15) is 9.59 Å². The van der Waals surface area contributed by atoms with Gasteiger partial charge in [-0.3, -0.25) is 0 Å². The van der Waals surface area contributed by atoms with E-state index in [4.69, 9.17) is 23.7 Å². The van der Waals surface area contributed by atoms with Crippen LogP contribution in [0.1, 0.15) is 20.7 Å². The smallest absolute Gasteiger partial charge is 0.343 e. The van der Waals surface area contributed by atoms with Crippen LogP contribution in [-0.2, 0) is 4.74 Å². The summed E-state index contributed by atoms with van der Waals surface area (Å²) in [6, 6.07) is 31.7. The van der Waals surface area contributed by atoms with E-state index in [-0.39, 0.29) is 30.1 Å². The largest absolute Gasteiger partial charge is 0.490 e. The molecule has 0 aliphatic rings. The highest BCUT2D eigenvalue weighted by molar-refractivity contribution is 5.96. The fourth-order valence-electron chi connectivity index (χ4n) is 3.32. The van der Waals surface area contributed by atoms with Crippen molar-refractivity contribution in [1.29, 1.82) is 0 Å². The van der Waals surface area contributed by atoms with Crippen molar-refractivity contribution in [3.8, 4) is 23.0 Å². The summed E-state index contributed by atoms with van der Waals surface area (Å²) in [5.74, 6) is 0.794. The van der Waals surface area contributed by atoms with Crippen molar-refractivity contribution in [3.63, 3.8) is 0 Å². The Kier molecular flexibility index (Phi) is 9.13. The number of hydrogen-bond acceptors (Lipinski definition) is 7. The molecule has 0 saturated heterocycles. The van der Waals surface area contributed by atoms with Gasteiger partial charge in [0, 0.05) is 0 Å². The van der Waals surface area contributed by atoms with Crippen molar-refractivity contribution in [2.45, 2.75) is 0 Å². The van der Waals surface area contributed by atoms with Gasteiger partial charge in [0.15, 0.2) is 0 Å². The van der Waals surface area contributed by atoms with Gasteiger partial charge in [0.05, 0.1) is 5.56 Å². The number of carbonyl (C=O) groups is 2. The Hall–Kier alpha value is -4.78. The first kappa shape index (κ1) is 25.3. The molecule has 0 fully saturated rings. The standard InChI is InChI=1S/C30H26O7/c31-29(23-10-9-15-26(22-23)35-19-18-33-24-11-3-1-4-12-24)37-28-17-8-7-16-27(28)30(32)36-21-20-34-25-13-5-2-6-14-25/h1-17,22H,18-21H2. The molecule has 0 saturated carbocycles. The Morgan fingerprint density at radius 2 is 1.05 bits per heavy atom. The maximum atomic E-state index is 12.8. The first-order valence-corrected chi connectivity index (χ1v) is 11.8. The predicted octanol–water partition coefficient (Wildman–Crippen LogP) is 5.60. The molecule has 4 rings (SSSR count). The molecule has 4 aromatic carbocycles. The van der Waals surface area contributed by atoms with Gasteiger partial charge in [-0.25, -0.2) is 9.59 Å².